The zero-order valence-corrected chi connectivity index (χ0v) is 11.3. The Morgan fingerprint density at radius 2 is 1.62 bits per heavy atom. The zero-order valence-electron chi connectivity index (χ0n) is 11.3. The Bertz CT molecular complexity index is 166. The van der Waals surface area contributed by atoms with Crippen LogP contribution in [0.25, 0.3) is 0 Å². The van der Waals surface area contributed by atoms with Gasteiger partial charge in [0, 0.05) is 20.0 Å². The lowest BCUT2D eigenvalue weighted by atomic mass is 10.0. The van der Waals surface area contributed by atoms with Gasteiger partial charge in [-0.1, -0.05) is 45.4 Å². The van der Waals surface area contributed by atoms with E-state index < -0.39 is 0 Å². The number of ketones is 1. The van der Waals surface area contributed by atoms with E-state index in [0.29, 0.717) is 12.2 Å². The third kappa shape index (κ3) is 10.2. The van der Waals surface area contributed by atoms with Gasteiger partial charge in [-0.25, -0.2) is 0 Å². The number of ether oxygens (including phenoxy) is 1. The Kier molecular flexibility index (Phi) is 10.9. The van der Waals surface area contributed by atoms with Crippen LogP contribution in [0, 0.1) is 0 Å². The molecule has 0 aromatic carbocycles. The molecule has 0 aromatic rings. The summed E-state index contributed by atoms with van der Waals surface area (Å²) in [6.45, 7) is 4.18. The molecule has 16 heavy (non-hydrogen) atoms. The van der Waals surface area contributed by atoms with Crippen molar-refractivity contribution in [2.24, 2.45) is 0 Å². The van der Waals surface area contributed by atoms with Crippen molar-refractivity contribution >= 4 is 5.78 Å². The molecule has 2 heteroatoms. The highest BCUT2D eigenvalue weighted by Crippen LogP contribution is 2.10. The van der Waals surface area contributed by atoms with E-state index in [1.54, 1.807) is 7.11 Å². The van der Waals surface area contributed by atoms with Crippen LogP contribution in [0.5, 0.6) is 0 Å². The summed E-state index contributed by atoms with van der Waals surface area (Å²) < 4.78 is 5.07. The summed E-state index contributed by atoms with van der Waals surface area (Å²) in [6.07, 6.45) is 10.3. The second-order valence-electron chi connectivity index (χ2n) is 4.66. The Hall–Kier alpha value is -0.370. The number of hydrogen-bond donors (Lipinski definition) is 0. The van der Waals surface area contributed by atoms with Crippen LogP contribution in [-0.4, -0.2) is 19.0 Å². The summed E-state index contributed by atoms with van der Waals surface area (Å²) in [5.74, 6) is 0.350. The number of carbonyl (C=O) groups is 1. The Labute approximate surface area is 101 Å². The first-order valence-electron chi connectivity index (χ1n) is 6.75. The van der Waals surface area contributed by atoms with E-state index in [1.165, 1.54) is 38.5 Å². The minimum absolute atomic E-state index is 0.0806. The van der Waals surface area contributed by atoms with Gasteiger partial charge in [-0.15, -0.1) is 0 Å². The van der Waals surface area contributed by atoms with Gasteiger partial charge >= 0.3 is 0 Å². The van der Waals surface area contributed by atoms with E-state index in [-0.39, 0.29) is 6.10 Å². The summed E-state index contributed by atoms with van der Waals surface area (Å²) >= 11 is 0. The minimum atomic E-state index is 0.0806. The average Bonchev–Trinajstić information content (AvgIpc) is 2.27. The summed E-state index contributed by atoms with van der Waals surface area (Å²) in [4.78, 5) is 11.5. The van der Waals surface area contributed by atoms with Gasteiger partial charge in [0.05, 0.1) is 6.10 Å². The van der Waals surface area contributed by atoms with Crippen molar-refractivity contribution in [1.29, 1.82) is 0 Å². The highest BCUT2D eigenvalue weighted by Gasteiger charge is 2.07. The molecule has 0 bridgehead atoms. The van der Waals surface area contributed by atoms with Crippen molar-refractivity contribution in [2.75, 3.05) is 7.11 Å². The van der Waals surface area contributed by atoms with E-state index in [4.69, 9.17) is 4.74 Å². The molecule has 0 aliphatic heterocycles. The molecular formula is C14H28O2. The Morgan fingerprint density at radius 3 is 2.19 bits per heavy atom. The van der Waals surface area contributed by atoms with Gasteiger partial charge < -0.3 is 4.74 Å². The van der Waals surface area contributed by atoms with Crippen LogP contribution in [0.1, 0.15) is 71.6 Å². The van der Waals surface area contributed by atoms with Crippen LogP contribution in [0.4, 0.5) is 0 Å². The van der Waals surface area contributed by atoms with E-state index >= 15 is 0 Å². The molecule has 1 atom stereocenters. The SMILES string of the molecule is CCCCCCCCCC(=O)CC(C)OC. The quantitative estimate of drug-likeness (QED) is 0.497. The van der Waals surface area contributed by atoms with Gasteiger partial charge in [0.1, 0.15) is 5.78 Å². The number of methoxy groups -OCH3 is 1. The lowest BCUT2D eigenvalue weighted by Gasteiger charge is -2.07. The molecule has 0 amide bonds. The second kappa shape index (κ2) is 11.1. The first-order chi connectivity index (χ1) is 7.70. The van der Waals surface area contributed by atoms with E-state index in [9.17, 15) is 4.79 Å². The molecule has 0 saturated carbocycles. The standard InChI is InChI=1S/C14H28O2/c1-4-5-6-7-8-9-10-11-14(15)12-13(2)16-3/h13H,4-12H2,1-3H3. The number of rotatable bonds is 11. The fourth-order valence-corrected chi connectivity index (χ4v) is 1.79. The van der Waals surface area contributed by atoms with E-state index in [2.05, 4.69) is 6.92 Å². The molecule has 0 aliphatic rings. The van der Waals surface area contributed by atoms with Crippen molar-refractivity contribution in [3.8, 4) is 0 Å². The molecule has 0 radical (unpaired) electrons. The molecule has 0 rings (SSSR count). The molecule has 0 heterocycles. The lowest BCUT2D eigenvalue weighted by Crippen LogP contribution is -2.11. The molecule has 0 fully saturated rings. The maximum Gasteiger partial charge on any atom is 0.135 e. The first kappa shape index (κ1) is 15.6. The molecule has 0 spiro atoms. The van der Waals surface area contributed by atoms with Gasteiger partial charge in [-0.2, -0.15) is 0 Å². The summed E-state index contributed by atoms with van der Waals surface area (Å²) in [5, 5.41) is 0. The van der Waals surface area contributed by atoms with Crippen molar-refractivity contribution in [2.45, 2.75) is 77.7 Å². The Morgan fingerprint density at radius 1 is 1.06 bits per heavy atom. The molecule has 0 N–H and O–H groups in total. The molecule has 0 aromatic heterocycles. The molecule has 1 unspecified atom stereocenters. The van der Waals surface area contributed by atoms with Crippen molar-refractivity contribution in [3.05, 3.63) is 0 Å². The topological polar surface area (TPSA) is 26.3 Å². The summed E-state index contributed by atoms with van der Waals surface area (Å²) in [5.41, 5.74) is 0. The largest absolute Gasteiger partial charge is 0.381 e. The first-order valence-corrected chi connectivity index (χ1v) is 6.75. The van der Waals surface area contributed by atoms with Crippen LogP contribution in [0.2, 0.25) is 0 Å². The lowest BCUT2D eigenvalue weighted by molar-refractivity contribution is -0.121. The predicted molar refractivity (Wildman–Crippen MR) is 68.7 cm³/mol. The third-order valence-corrected chi connectivity index (χ3v) is 2.98. The third-order valence-electron chi connectivity index (χ3n) is 2.98. The fraction of sp³-hybridized carbons (Fsp3) is 0.929. The molecule has 0 saturated heterocycles. The van der Waals surface area contributed by atoms with Gasteiger partial charge in [0.25, 0.3) is 0 Å². The van der Waals surface area contributed by atoms with Crippen molar-refractivity contribution in [1.82, 2.24) is 0 Å². The van der Waals surface area contributed by atoms with Crippen LogP contribution < -0.4 is 0 Å². The zero-order chi connectivity index (χ0) is 12.2. The van der Waals surface area contributed by atoms with Gasteiger partial charge in [-0.05, 0) is 13.3 Å². The van der Waals surface area contributed by atoms with Crippen molar-refractivity contribution in [3.63, 3.8) is 0 Å². The molecule has 96 valence electrons. The van der Waals surface area contributed by atoms with Crippen LogP contribution in [0.3, 0.4) is 0 Å². The van der Waals surface area contributed by atoms with Crippen LogP contribution >= 0.6 is 0 Å². The number of unbranched alkanes of at least 4 members (excludes halogenated alkanes) is 6. The van der Waals surface area contributed by atoms with E-state index in [1.807, 2.05) is 6.92 Å². The summed E-state index contributed by atoms with van der Waals surface area (Å²) in [6, 6.07) is 0. The van der Waals surface area contributed by atoms with Gasteiger partial charge in [0.15, 0.2) is 0 Å². The normalized spacial score (nSPS) is 12.7. The second-order valence-corrected chi connectivity index (χ2v) is 4.66. The maximum atomic E-state index is 11.5. The highest BCUT2D eigenvalue weighted by molar-refractivity contribution is 5.78. The van der Waals surface area contributed by atoms with Gasteiger partial charge in [0.2, 0.25) is 0 Å². The highest BCUT2D eigenvalue weighted by atomic mass is 16.5. The predicted octanol–water partition coefficient (Wildman–Crippen LogP) is 4.12. The van der Waals surface area contributed by atoms with Gasteiger partial charge in [-0.3, -0.25) is 4.79 Å². The maximum absolute atomic E-state index is 11.5. The van der Waals surface area contributed by atoms with Crippen molar-refractivity contribution < 1.29 is 9.53 Å². The van der Waals surface area contributed by atoms with Crippen LogP contribution in [0.15, 0.2) is 0 Å². The average molecular weight is 228 g/mol. The number of hydrogen-bond acceptors (Lipinski definition) is 2. The van der Waals surface area contributed by atoms with Crippen LogP contribution in [-0.2, 0) is 9.53 Å². The molecule has 2 nitrogen and oxygen atoms in total. The smallest absolute Gasteiger partial charge is 0.135 e. The molecule has 0 aliphatic carbocycles. The molecular weight excluding hydrogens is 200 g/mol. The summed E-state index contributed by atoms with van der Waals surface area (Å²) in [7, 11) is 1.66. The van der Waals surface area contributed by atoms with E-state index in [0.717, 1.165) is 12.8 Å². The number of Topliss-reactive ketones (excluding diaryl/α,β-unsaturated/α-hetero) is 1. The number of carbonyl (C=O) groups excluding carboxylic acids is 1. The fourth-order valence-electron chi connectivity index (χ4n) is 1.79. The Balaban J connectivity index is 3.21. The monoisotopic (exact) mass is 228 g/mol. The minimum Gasteiger partial charge on any atom is -0.381 e.